The summed E-state index contributed by atoms with van der Waals surface area (Å²) in [6.45, 7) is 4.65. The van der Waals surface area contributed by atoms with Crippen molar-refractivity contribution in [1.29, 1.82) is 0 Å². The van der Waals surface area contributed by atoms with Crippen molar-refractivity contribution in [1.82, 2.24) is 15.5 Å². The Labute approximate surface area is 154 Å². The Morgan fingerprint density at radius 3 is 2.64 bits per heavy atom. The predicted molar refractivity (Wildman–Crippen MR) is 106 cm³/mol. The Morgan fingerprint density at radius 1 is 1.32 bits per heavy atom. The minimum atomic E-state index is 0. The molecule has 0 radical (unpaired) electrons. The number of unbranched alkanes of at least 4 members (excludes halogenated alkanes) is 1. The van der Waals surface area contributed by atoms with E-state index in [4.69, 9.17) is 0 Å². The lowest BCUT2D eigenvalue weighted by atomic mass is 10.3. The molecule has 1 aromatic rings. The Bertz CT molecular complexity index is 437. The van der Waals surface area contributed by atoms with E-state index in [1.807, 2.05) is 24.6 Å². The van der Waals surface area contributed by atoms with Crippen LogP contribution in [0.3, 0.4) is 0 Å². The van der Waals surface area contributed by atoms with Crippen molar-refractivity contribution in [2.75, 3.05) is 33.7 Å². The van der Waals surface area contributed by atoms with Crippen molar-refractivity contribution >= 4 is 47.2 Å². The number of nitrogens with zero attached hydrogens (tertiary/aromatic N) is 2. The molecule has 0 aliphatic rings. The van der Waals surface area contributed by atoms with Gasteiger partial charge in [0.15, 0.2) is 5.96 Å². The fourth-order valence-electron chi connectivity index (χ4n) is 1.87. The van der Waals surface area contributed by atoms with Crippen LogP contribution in [0.25, 0.3) is 0 Å². The number of amides is 1. The van der Waals surface area contributed by atoms with Crippen molar-refractivity contribution in [3.8, 4) is 0 Å². The first-order valence-corrected chi connectivity index (χ1v) is 8.30. The summed E-state index contributed by atoms with van der Waals surface area (Å²) in [4.78, 5) is 18.9. The molecular weight excluding hydrogens is 411 g/mol. The average Bonchev–Trinajstić information content (AvgIpc) is 3.02. The minimum absolute atomic E-state index is 0. The predicted octanol–water partition coefficient (Wildman–Crippen LogP) is 2.79. The summed E-state index contributed by atoms with van der Waals surface area (Å²) >= 11 is 1.46. The van der Waals surface area contributed by atoms with Crippen LogP contribution in [0.4, 0.5) is 0 Å². The summed E-state index contributed by atoms with van der Waals surface area (Å²) < 4.78 is 0. The third kappa shape index (κ3) is 7.98. The van der Waals surface area contributed by atoms with Gasteiger partial charge in [-0.25, -0.2) is 0 Å². The average molecular weight is 438 g/mol. The Morgan fingerprint density at radius 2 is 2.05 bits per heavy atom. The van der Waals surface area contributed by atoms with Gasteiger partial charge in [-0.1, -0.05) is 19.4 Å². The highest BCUT2D eigenvalue weighted by molar-refractivity contribution is 14.0. The molecule has 0 spiro atoms. The summed E-state index contributed by atoms with van der Waals surface area (Å²) in [5.41, 5.74) is 0. The standard InChI is InChI=1S/C15H26N4OS.HI/c1-4-5-11-19(3)15(16-2)18-10-7-9-17-14(20)13-8-6-12-21-13;/h6,8,12H,4-5,7,9-11H2,1-3H3,(H,16,18)(H,17,20);1H. The molecule has 1 aromatic heterocycles. The van der Waals surface area contributed by atoms with Gasteiger partial charge in [-0.3, -0.25) is 9.79 Å². The van der Waals surface area contributed by atoms with E-state index in [-0.39, 0.29) is 29.9 Å². The number of rotatable bonds is 8. The molecule has 0 aliphatic heterocycles. The molecule has 1 heterocycles. The number of halogens is 1. The van der Waals surface area contributed by atoms with Gasteiger partial charge in [0.25, 0.3) is 5.91 Å². The van der Waals surface area contributed by atoms with Gasteiger partial charge >= 0.3 is 0 Å². The van der Waals surface area contributed by atoms with Crippen LogP contribution in [0, 0.1) is 0 Å². The molecule has 0 saturated heterocycles. The third-order valence-corrected chi connectivity index (χ3v) is 3.96. The number of carbonyl (C=O) groups excluding carboxylic acids is 1. The van der Waals surface area contributed by atoms with Crippen molar-refractivity contribution in [3.63, 3.8) is 0 Å². The molecule has 7 heteroatoms. The SMILES string of the molecule is CCCCN(C)C(=NC)NCCCNC(=O)c1cccs1.I. The zero-order valence-electron chi connectivity index (χ0n) is 13.6. The van der Waals surface area contributed by atoms with E-state index in [9.17, 15) is 4.79 Å². The molecule has 0 atom stereocenters. The lowest BCUT2D eigenvalue weighted by molar-refractivity contribution is 0.0957. The number of thiophene rings is 1. The van der Waals surface area contributed by atoms with Gasteiger partial charge in [-0.2, -0.15) is 0 Å². The first-order valence-electron chi connectivity index (χ1n) is 7.42. The van der Waals surface area contributed by atoms with Crippen LogP contribution in [0.1, 0.15) is 35.9 Å². The normalized spacial score (nSPS) is 10.8. The Hall–Kier alpha value is -0.830. The third-order valence-electron chi connectivity index (χ3n) is 3.09. The van der Waals surface area contributed by atoms with E-state index in [2.05, 4.69) is 27.4 Å². The monoisotopic (exact) mass is 438 g/mol. The van der Waals surface area contributed by atoms with Crippen LogP contribution in [0.15, 0.2) is 22.5 Å². The number of aliphatic imine (C=N–C) groups is 1. The second-order valence-electron chi connectivity index (χ2n) is 4.84. The number of carbonyl (C=O) groups is 1. The van der Waals surface area contributed by atoms with Gasteiger partial charge in [0, 0.05) is 33.7 Å². The maximum absolute atomic E-state index is 11.7. The van der Waals surface area contributed by atoms with Gasteiger partial charge in [0.1, 0.15) is 0 Å². The smallest absolute Gasteiger partial charge is 0.261 e. The first-order chi connectivity index (χ1) is 10.2. The molecule has 0 saturated carbocycles. The quantitative estimate of drug-likeness (QED) is 0.284. The Balaban J connectivity index is 0.00000441. The van der Waals surface area contributed by atoms with Crippen LogP contribution in [0.5, 0.6) is 0 Å². The molecule has 0 unspecified atom stereocenters. The van der Waals surface area contributed by atoms with Crippen molar-refractivity contribution < 1.29 is 4.79 Å². The van der Waals surface area contributed by atoms with Crippen LogP contribution in [-0.2, 0) is 0 Å². The second-order valence-corrected chi connectivity index (χ2v) is 5.78. The molecule has 2 N–H and O–H groups in total. The first kappa shape index (κ1) is 21.2. The topological polar surface area (TPSA) is 56.7 Å². The van der Waals surface area contributed by atoms with Crippen molar-refractivity contribution in [2.24, 2.45) is 4.99 Å². The zero-order chi connectivity index (χ0) is 15.5. The van der Waals surface area contributed by atoms with E-state index in [0.717, 1.165) is 36.8 Å². The summed E-state index contributed by atoms with van der Waals surface area (Å²) in [5, 5.41) is 8.14. The van der Waals surface area contributed by atoms with E-state index >= 15 is 0 Å². The maximum atomic E-state index is 11.7. The summed E-state index contributed by atoms with van der Waals surface area (Å²) in [6.07, 6.45) is 3.21. The highest BCUT2D eigenvalue weighted by atomic mass is 127. The molecular formula is C15H27IN4OS. The molecule has 1 amide bonds. The lowest BCUT2D eigenvalue weighted by Crippen LogP contribution is -2.40. The van der Waals surface area contributed by atoms with Gasteiger partial charge in [-0.05, 0) is 24.3 Å². The van der Waals surface area contributed by atoms with Crippen molar-refractivity contribution in [3.05, 3.63) is 22.4 Å². The lowest BCUT2D eigenvalue weighted by Gasteiger charge is -2.21. The molecule has 1 rings (SSSR count). The number of hydrogen-bond acceptors (Lipinski definition) is 3. The molecule has 22 heavy (non-hydrogen) atoms. The summed E-state index contributed by atoms with van der Waals surface area (Å²) in [6, 6.07) is 3.72. The highest BCUT2D eigenvalue weighted by Gasteiger charge is 2.06. The van der Waals surface area contributed by atoms with E-state index in [0.29, 0.717) is 6.54 Å². The fourth-order valence-corrected chi connectivity index (χ4v) is 2.51. The number of nitrogens with one attached hydrogen (secondary N) is 2. The van der Waals surface area contributed by atoms with E-state index < -0.39 is 0 Å². The van der Waals surface area contributed by atoms with Crippen LogP contribution >= 0.6 is 35.3 Å². The molecule has 0 aliphatic carbocycles. The van der Waals surface area contributed by atoms with Crippen LogP contribution in [-0.4, -0.2) is 50.5 Å². The van der Waals surface area contributed by atoms with Gasteiger partial charge in [0.05, 0.1) is 4.88 Å². The largest absolute Gasteiger partial charge is 0.356 e. The van der Waals surface area contributed by atoms with Crippen LogP contribution in [0.2, 0.25) is 0 Å². The van der Waals surface area contributed by atoms with E-state index in [1.54, 1.807) is 7.05 Å². The van der Waals surface area contributed by atoms with Gasteiger partial charge in [-0.15, -0.1) is 35.3 Å². The van der Waals surface area contributed by atoms with E-state index in [1.165, 1.54) is 17.8 Å². The minimum Gasteiger partial charge on any atom is -0.356 e. The summed E-state index contributed by atoms with van der Waals surface area (Å²) in [5.74, 6) is 0.919. The van der Waals surface area contributed by atoms with Crippen LogP contribution < -0.4 is 10.6 Å². The Kier molecular flexibility index (Phi) is 12.2. The molecule has 5 nitrogen and oxygen atoms in total. The molecule has 0 aromatic carbocycles. The fraction of sp³-hybridized carbons (Fsp3) is 0.600. The number of hydrogen-bond donors (Lipinski definition) is 2. The van der Waals surface area contributed by atoms with Crippen molar-refractivity contribution in [2.45, 2.75) is 26.2 Å². The number of guanidine groups is 1. The summed E-state index contributed by atoms with van der Waals surface area (Å²) in [7, 11) is 3.84. The maximum Gasteiger partial charge on any atom is 0.261 e. The van der Waals surface area contributed by atoms with Gasteiger partial charge < -0.3 is 15.5 Å². The highest BCUT2D eigenvalue weighted by Crippen LogP contribution is 2.07. The van der Waals surface area contributed by atoms with Gasteiger partial charge in [0.2, 0.25) is 0 Å². The molecule has 0 bridgehead atoms. The zero-order valence-corrected chi connectivity index (χ0v) is 16.7. The molecule has 126 valence electrons. The molecule has 0 fully saturated rings. The second kappa shape index (κ2) is 12.7.